The van der Waals surface area contributed by atoms with Crippen molar-refractivity contribution in [1.29, 1.82) is 0 Å². The lowest BCUT2D eigenvalue weighted by Crippen LogP contribution is -2.52. The molecule has 0 aromatic carbocycles. The molecule has 3 rings (SSSR count). The molecule has 0 saturated carbocycles. The minimum Gasteiger partial charge on any atom is -0.490 e. The summed E-state index contributed by atoms with van der Waals surface area (Å²) in [5.74, 6) is -0.178. The highest BCUT2D eigenvalue weighted by molar-refractivity contribution is 5.93. The summed E-state index contributed by atoms with van der Waals surface area (Å²) in [5.41, 5.74) is -0.893. The number of piperidine rings is 1. The van der Waals surface area contributed by atoms with Gasteiger partial charge in [0.25, 0.3) is 5.91 Å². The van der Waals surface area contributed by atoms with Crippen molar-refractivity contribution in [2.75, 3.05) is 26.7 Å². The first-order valence-corrected chi connectivity index (χ1v) is 8.65. The normalized spacial score (nSPS) is 23.6. The van der Waals surface area contributed by atoms with E-state index in [1.54, 1.807) is 4.90 Å². The molecule has 2 aliphatic rings. The van der Waals surface area contributed by atoms with Crippen LogP contribution in [0.25, 0.3) is 0 Å². The molecule has 7 nitrogen and oxygen atoms in total. The Hall–Kier alpha value is -2.31. The number of amides is 2. The second kappa shape index (κ2) is 6.54. The lowest BCUT2D eigenvalue weighted by atomic mass is 9.78. The van der Waals surface area contributed by atoms with Crippen molar-refractivity contribution in [2.45, 2.75) is 39.2 Å². The zero-order chi connectivity index (χ0) is 18.2. The molecule has 2 amide bonds. The van der Waals surface area contributed by atoms with E-state index in [9.17, 15) is 14.4 Å². The molecule has 1 aromatic rings. The Labute approximate surface area is 146 Å². The van der Waals surface area contributed by atoms with Crippen LogP contribution in [-0.4, -0.2) is 54.4 Å². The number of hydrogen-bond acceptors (Lipinski definition) is 5. The maximum absolute atomic E-state index is 12.9. The maximum Gasteiger partial charge on any atom is 0.289 e. The van der Waals surface area contributed by atoms with E-state index >= 15 is 0 Å². The smallest absolute Gasteiger partial charge is 0.289 e. The zero-order valence-electron chi connectivity index (χ0n) is 14.9. The molecular weight excluding hydrogens is 324 g/mol. The summed E-state index contributed by atoms with van der Waals surface area (Å²) in [4.78, 5) is 41.0. The van der Waals surface area contributed by atoms with Crippen molar-refractivity contribution < 1.29 is 18.7 Å². The highest BCUT2D eigenvalue weighted by Gasteiger charge is 2.50. The Morgan fingerprint density at radius 3 is 2.68 bits per heavy atom. The number of carbonyl (C=O) groups is 2. The molecule has 3 heterocycles. The highest BCUT2D eigenvalue weighted by Crippen LogP contribution is 2.41. The largest absolute Gasteiger partial charge is 0.490 e. The molecular formula is C18H24N2O5. The minimum atomic E-state index is -0.495. The second-order valence-corrected chi connectivity index (χ2v) is 7.13. The third kappa shape index (κ3) is 3.03. The molecule has 0 N–H and O–H groups in total. The van der Waals surface area contributed by atoms with Crippen LogP contribution in [-0.2, 0) is 4.79 Å². The first-order valence-electron chi connectivity index (χ1n) is 8.65. The quantitative estimate of drug-likeness (QED) is 0.827. The van der Waals surface area contributed by atoms with Crippen molar-refractivity contribution in [3.05, 3.63) is 28.3 Å². The van der Waals surface area contributed by atoms with Crippen molar-refractivity contribution in [3.8, 4) is 5.75 Å². The SMILES string of the molecule is COc1coc(C(=O)N2CC[C@@]3(CCCN(C(C)C)C3=O)C2)cc1=O. The minimum absolute atomic E-state index is 0.0215. The third-order valence-corrected chi connectivity index (χ3v) is 5.26. The van der Waals surface area contributed by atoms with Crippen LogP contribution in [0.2, 0.25) is 0 Å². The number of methoxy groups -OCH3 is 1. The number of hydrogen-bond donors (Lipinski definition) is 0. The summed E-state index contributed by atoms with van der Waals surface area (Å²) in [6.07, 6.45) is 3.55. The van der Waals surface area contributed by atoms with Crippen LogP contribution < -0.4 is 10.2 Å². The molecule has 7 heteroatoms. The van der Waals surface area contributed by atoms with Gasteiger partial charge in [-0.15, -0.1) is 0 Å². The van der Waals surface area contributed by atoms with Crippen molar-refractivity contribution in [3.63, 3.8) is 0 Å². The van der Waals surface area contributed by atoms with Gasteiger partial charge in [0.05, 0.1) is 12.5 Å². The summed E-state index contributed by atoms with van der Waals surface area (Å²) in [6.45, 7) is 5.68. The topological polar surface area (TPSA) is 80.1 Å². The van der Waals surface area contributed by atoms with Gasteiger partial charge in [0.15, 0.2) is 5.76 Å². The second-order valence-electron chi connectivity index (χ2n) is 7.13. The van der Waals surface area contributed by atoms with E-state index < -0.39 is 10.8 Å². The average molecular weight is 348 g/mol. The van der Waals surface area contributed by atoms with Crippen LogP contribution in [0.3, 0.4) is 0 Å². The Bertz CT molecular complexity index is 741. The first kappa shape index (κ1) is 17.5. The summed E-state index contributed by atoms with van der Waals surface area (Å²) in [6, 6.07) is 1.31. The van der Waals surface area contributed by atoms with Crippen molar-refractivity contribution in [1.82, 2.24) is 9.80 Å². The van der Waals surface area contributed by atoms with E-state index in [1.165, 1.54) is 7.11 Å². The fraction of sp³-hybridized carbons (Fsp3) is 0.611. The number of ether oxygens (including phenoxy) is 1. The van der Waals surface area contributed by atoms with Crippen LogP contribution in [0.1, 0.15) is 43.7 Å². The standard InChI is InChI=1S/C18H24N2O5/c1-12(2)20-7-4-5-18(17(20)23)6-8-19(11-18)16(22)14-9-13(21)15(24-3)10-25-14/h9-10,12H,4-8,11H2,1-3H3/t18-/m0/s1. The molecule has 0 unspecified atom stereocenters. The average Bonchev–Trinajstić information content (AvgIpc) is 3.01. The molecule has 0 radical (unpaired) electrons. The van der Waals surface area contributed by atoms with E-state index in [4.69, 9.17) is 9.15 Å². The molecule has 2 fully saturated rings. The third-order valence-electron chi connectivity index (χ3n) is 5.26. The highest BCUT2D eigenvalue weighted by atomic mass is 16.5. The molecule has 136 valence electrons. The molecule has 2 aliphatic heterocycles. The van der Waals surface area contributed by atoms with E-state index in [2.05, 4.69) is 0 Å². The number of rotatable bonds is 3. The van der Waals surface area contributed by atoms with Gasteiger partial charge in [-0.05, 0) is 33.1 Å². The fourth-order valence-corrected chi connectivity index (χ4v) is 3.83. The molecule has 1 spiro atoms. The van der Waals surface area contributed by atoms with Crippen LogP contribution in [0.4, 0.5) is 0 Å². The van der Waals surface area contributed by atoms with Gasteiger partial charge in [-0.25, -0.2) is 0 Å². The molecule has 25 heavy (non-hydrogen) atoms. The molecule has 1 aromatic heterocycles. The van der Waals surface area contributed by atoms with Gasteiger partial charge in [0, 0.05) is 31.7 Å². The lowest BCUT2D eigenvalue weighted by molar-refractivity contribution is -0.147. The molecule has 0 aliphatic carbocycles. The van der Waals surface area contributed by atoms with Crippen LogP contribution in [0.15, 0.2) is 21.5 Å². The molecule has 2 saturated heterocycles. The van der Waals surface area contributed by atoms with E-state index in [0.717, 1.165) is 31.7 Å². The van der Waals surface area contributed by atoms with Gasteiger partial charge in [-0.3, -0.25) is 14.4 Å². The van der Waals surface area contributed by atoms with E-state index in [-0.39, 0.29) is 29.4 Å². The lowest BCUT2D eigenvalue weighted by Gasteiger charge is -2.41. The van der Waals surface area contributed by atoms with Gasteiger partial charge in [-0.2, -0.15) is 0 Å². The fourth-order valence-electron chi connectivity index (χ4n) is 3.83. The summed E-state index contributed by atoms with van der Waals surface area (Å²) in [5, 5.41) is 0. The van der Waals surface area contributed by atoms with Crippen LogP contribution in [0.5, 0.6) is 5.75 Å². The predicted octanol–water partition coefficient (Wildman–Crippen LogP) is 1.51. The Kier molecular flexibility index (Phi) is 4.58. The van der Waals surface area contributed by atoms with Gasteiger partial charge >= 0.3 is 0 Å². The van der Waals surface area contributed by atoms with E-state index in [1.807, 2.05) is 18.7 Å². The zero-order valence-corrected chi connectivity index (χ0v) is 14.9. The van der Waals surface area contributed by atoms with Gasteiger partial charge in [-0.1, -0.05) is 0 Å². The predicted molar refractivity (Wildman–Crippen MR) is 90.6 cm³/mol. The van der Waals surface area contributed by atoms with Crippen LogP contribution >= 0.6 is 0 Å². The number of likely N-dealkylation sites (tertiary alicyclic amines) is 2. The monoisotopic (exact) mass is 348 g/mol. The summed E-state index contributed by atoms with van der Waals surface area (Å²) < 4.78 is 10.1. The molecule has 0 bridgehead atoms. The summed E-state index contributed by atoms with van der Waals surface area (Å²) >= 11 is 0. The van der Waals surface area contributed by atoms with Gasteiger partial charge in [0.2, 0.25) is 17.1 Å². The Morgan fingerprint density at radius 2 is 2.04 bits per heavy atom. The van der Waals surface area contributed by atoms with Gasteiger partial charge < -0.3 is 19.0 Å². The van der Waals surface area contributed by atoms with Gasteiger partial charge in [0.1, 0.15) is 6.26 Å². The summed E-state index contributed by atoms with van der Waals surface area (Å²) in [7, 11) is 1.37. The maximum atomic E-state index is 12.9. The first-order chi connectivity index (χ1) is 11.9. The molecule has 1 atom stereocenters. The van der Waals surface area contributed by atoms with Crippen molar-refractivity contribution >= 4 is 11.8 Å². The van der Waals surface area contributed by atoms with E-state index in [0.29, 0.717) is 19.5 Å². The van der Waals surface area contributed by atoms with Crippen LogP contribution in [0, 0.1) is 5.41 Å². The Balaban J connectivity index is 1.78. The Morgan fingerprint density at radius 1 is 1.28 bits per heavy atom. The van der Waals surface area contributed by atoms with Crippen molar-refractivity contribution in [2.24, 2.45) is 5.41 Å². The number of carbonyl (C=O) groups excluding carboxylic acids is 2. The number of nitrogens with zero attached hydrogens (tertiary/aromatic N) is 2.